The third kappa shape index (κ3) is 14.7. The molecule has 0 aromatic rings. The van der Waals surface area contributed by atoms with Gasteiger partial charge in [0.2, 0.25) is 5.91 Å². The summed E-state index contributed by atoms with van der Waals surface area (Å²) in [6, 6.07) is 0. The average Bonchev–Trinajstić information content (AvgIpc) is 3.45. The van der Waals surface area contributed by atoms with Crippen molar-refractivity contribution in [1.82, 2.24) is 4.90 Å². The molecule has 0 radical (unpaired) electrons. The summed E-state index contributed by atoms with van der Waals surface area (Å²) in [5, 5.41) is 0. The molecular formula is C49H91Cl2N3O3. The van der Waals surface area contributed by atoms with Crippen LogP contribution in [0.1, 0.15) is 204 Å². The Balaban J connectivity index is 0.00000561. The summed E-state index contributed by atoms with van der Waals surface area (Å²) in [5.74, 6) is 5.81. The van der Waals surface area contributed by atoms with E-state index in [1.807, 2.05) is 18.7 Å². The van der Waals surface area contributed by atoms with Crippen molar-refractivity contribution in [3.8, 4) is 0 Å². The van der Waals surface area contributed by atoms with E-state index in [-0.39, 0.29) is 59.3 Å². The van der Waals surface area contributed by atoms with Gasteiger partial charge in [-0.05, 0) is 157 Å². The number of nitrogens with two attached hydrogens (primary N) is 2. The number of hydrogen-bond donors (Lipinski definition) is 2. The Bertz CT molecular complexity index is 1260. The van der Waals surface area contributed by atoms with E-state index in [0.29, 0.717) is 31.2 Å². The Hall–Kier alpha value is -0.820. The minimum absolute atomic E-state index is 0. The lowest BCUT2D eigenvalue weighted by molar-refractivity contribution is -0.151. The highest BCUT2D eigenvalue weighted by Gasteiger charge is 2.59. The van der Waals surface area contributed by atoms with Crippen LogP contribution in [0.2, 0.25) is 0 Å². The predicted molar refractivity (Wildman–Crippen MR) is 246 cm³/mol. The van der Waals surface area contributed by atoms with Crippen molar-refractivity contribution in [3.05, 3.63) is 11.6 Å². The van der Waals surface area contributed by atoms with E-state index in [9.17, 15) is 9.59 Å². The Morgan fingerprint density at radius 1 is 0.825 bits per heavy atom. The molecule has 334 valence electrons. The Morgan fingerprint density at radius 3 is 2.14 bits per heavy atom. The van der Waals surface area contributed by atoms with Crippen LogP contribution in [0.4, 0.5) is 0 Å². The molecule has 0 aromatic carbocycles. The first-order chi connectivity index (χ1) is 25.8. The lowest BCUT2D eigenvalue weighted by atomic mass is 9.47. The zero-order chi connectivity index (χ0) is 40.6. The molecule has 0 heterocycles. The van der Waals surface area contributed by atoms with Gasteiger partial charge in [0, 0.05) is 43.4 Å². The number of ether oxygens (including phenoxy) is 1. The largest absolute Gasteiger partial charge is 0.462 e. The minimum atomic E-state index is -0.316. The van der Waals surface area contributed by atoms with Crippen molar-refractivity contribution in [2.75, 3.05) is 13.1 Å². The SMILES string of the molecule is CCC(CCC(C)[C@H]1CC[C@H]2[C@@H]3CC=C4C[C@@H](OC(=O)CCCC(=O)N(CCCCCCCC(C)(C)N)CCC(C)(C)N)CC[C@]4(C)[C@H]3CC[C@]12C)C(C)C.Cl.Cl. The first kappa shape index (κ1) is 52.3. The number of halogens is 2. The molecule has 8 heteroatoms. The van der Waals surface area contributed by atoms with Gasteiger partial charge < -0.3 is 21.1 Å². The molecular weight excluding hydrogens is 749 g/mol. The predicted octanol–water partition coefficient (Wildman–Crippen LogP) is 12.6. The highest BCUT2D eigenvalue weighted by molar-refractivity contribution is 5.85. The lowest BCUT2D eigenvalue weighted by Gasteiger charge is -2.58. The van der Waals surface area contributed by atoms with Gasteiger partial charge in [0.25, 0.3) is 0 Å². The molecule has 0 saturated heterocycles. The number of esters is 1. The smallest absolute Gasteiger partial charge is 0.306 e. The van der Waals surface area contributed by atoms with Crippen LogP contribution in [0.15, 0.2) is 11.6 Å². The van der Waals surface area contributed by atoms with E-state index in [0.717, 1.165) is 99.3 Å². The van der Waals surface area contributed by atoms with Crippen LogP contribution >= 0.6 is 24.8 Å². The van der Waals surface area contributed by atoms with Crippen LogP contribution in [0.5, 0.6) is 0 Å². The molecule has 4 rings (SSSR count). The third-order valence-corrected chi connectivity index (χ3v) is 16.0. The normalized spacial score (nSPS) is 29.5. The Kier molecular flexibility index (Phi) is 21.0. The number of fused-ring (bicyclic) bond motifs is 5. The molecule has 3 saturated carbocycles. The molecule has 0 spiro atoms. The zero-order valence-electron chi connectivity index (χ0n) is 38.6. The first-order valence-electron chi connectivity index (χ1n) is 23.5. The van der Waals surface area contributed by atoms with Gasteiger partial charge in [-0.1, -0.05) is 91.7 Å². The molecule has 4 aliphatic carbocycles. The second-order valence-corrected chi connectivity index (χ2v) is 21.8. The number of nitrogens with zero attached hydrogens (tertiary/aromatic N) is 1. The first-order valence-corrected chi connectivity index (χ1v) is 23.5. The van der Waals surface area contributed by atoms with Crippen LogP contribution in [0, 0.1) is 52.3 Å². The van der Waals surface area contributed by atoms with Crippen LogP contribution in [-0.2, 0) is 14.3 Å². The van der Waals surface area contributed by atoms with E-state index in [1.165, 1.54) is 64.2 Å². The Morgan fingerprint density at radius 2 is 1.49 bits per heavy atom. The summed E-state index contributed by atoms with van der Waals surface area (Å²) in [5.41, 5.74) is 14.3. The average molecular weight is 841 g/mol. The number of carbonyl (C=O) groups excluding carboxylic acids is 2. The van der Waals surface area contributed by atoms with Gasteiger partial charge in [0.05, 0.1) is 0 Å². The summed E-state index contributed by atoms with van der Waals surface area (Å²) < 4.78 is 6.15. The van der Waals surface area contributed by atoms with Crippen LogP contribution in [0.3, 0.4) is 0 Å². The second-order valence-electron chi connectivity index (χ2n) is 21.8. The summed E-state index contributed by atoms with van der Waals surface area (Å²) in [7, 11) is 0. The van der Waals surface area contributed by atoms with E-state index < -0.39 is 0 Å². The molecule has 0 aromatic heterocycles. The monoisotopic (exact) mass is 840 g/mol. The number of allylic oxidation sites excluding steroid dienone is 1. The molecule has 0 aliphatic heterocycles. The van der Waals surface area contributed by atoms with Crippen molar-refractivity contribution in [3.63, 3.8) is 0 Å². The maximum atomic E-state index is 13.4. The number of rotatable bonds is 22. The third-order valence-electron chi connectivity index (χ3n) is 16.0. The highest BCUT2D eigenvalue weighted by atomic mass is 35.5. The summed E-state index contributed by atoms with van der Waals surface area (Å²) in [6.45, 7) is 24.7. The molecule has 6 nitrogen and oxygen atoms in total. The maximum Gasteiger partial charge on any atom is 0.306 e. The van der Waals surface area contributed by atoms with Crippen LogP contribution in [0.25, 0.3) is 0 Å². The molecule has 57 heavy (non-hydrogen) atoms. The van der Waals surface area contributed by atoms with Crippen LogP contribution in [-0.4, -0.2) is 47.0 Å². The topological polar surface area (TPSA) is 98.7 Å². The van der Waals surface area contributed by atoms with Gasteiger partial charge >= 0.3 is 5.97 Å². The number of carbonyl (C=O) groups is 2. The van der Waals surface area contributed by atoms with Gasteiger partial charge in [-0.25, -0.2) is 0 Å². The lowest BCUT2D eigenvalue weighted by Crippen LogP contribution is -2.51. The van der Waals surface area contributed by atoms with Gasteiger partial charge in [0.1, 0.15) is 6.10 Å². The fraction of sp³-hybridized carbons (Fsp3) is 0.918. The molecule has 2 unspecified atom stereocenters. The van der Waals surface area contributed by atoms with E-state index in [1.54, 1.807) is 5.57 Å². The molecule has 1 amide bonds. The summed E-state index contributed by atoms with van der Waals surface area (Å²) in [4.78, 5) is 28.5. The van der Waals surface area contributed by atoms with Crippen molar-refractivity contribution in [1.29, 1.82) is 0 Å². The molecule has 4 aliphatic rings. The van der Waals surface area contributed by atoms with Crippen molar-refractivity contribution in [2.24, 2.45) is 63.7 Å². The standard InChI is InChI=1S/C49H89N3O3.2ClH/c1-11-37(35(2)3)21-20-36(4)41-24-25-42-40-23-22-38-34-39(26-29-48(38,9)43(40)27-30-49(41,42)10)55-45(54)19-17-18-44(53)52(33-31-47(7,8)51)32-16-14-12-13-15-28-46(5,6)50;;/h22,35-37,39-43H,11-21,23-34,50-51H2,1-10H3;2*1H/t36?,37?,39-,40-,41+,42-,43-,48-,49+;;/m0../s1. The molecule has 9 atom stereocenters. The molecule has 3 fully saturated rings. The van der Waals surface area contributed by atoms with Crippen molar-refractivity contribution >= 4 is 36.7 Å². The number of amides is 1. The van der Waals surface area contributed by atoms with Gasteiger partial charge in [-0.15, -0.1) is 24.8 Å². The summed E-state index contributed by atoms with van der Waals surface area (Å²) in [6.07, 6.45) is 25.2. The summed E-state index contributed by atoms with van der Waals surface area (Å²) >= 11 is 0. The maximum absolute atomic E-state index is 13.4. The van der Waals surface area contributed by atoms with Gasteiger partial charge in [0.15, 0.2) is 0 Å². The van der Waals surface area contributed by atoms with Crippen molar-refractivity contribution < 1.29 is 14.3 Å². The molecule has 4 N–H and O–H groups in total. The zero-order valence-corrected chi connectivity index (χ0v) is 40.2. The molecule has 0 bridgehead atoms. The second kappa shape index (κ2) is 22.9. The fourth-order valence-corrected chi connectivity index (χ4v) is 12.4. The number of hydrogen-bond acceptors (Lipinski definition) is 5. The van der Waals surface area contributed by atoms with E-state index in [4.69, 9.17) is 16.2 Å². The van der Waals surface area contributed by atoms with E-state index >= 15 is 0 Å². The van der Waals surface area contributed by atoms with E-state index in [2.05, 4.69) is 61.5 Å². The highest BCUT2D eigenvalue weighted by Crippen LogP contribution is 2.67. The van der Waals surface area contributed by atoms with Gasteiger partial charge in [-0.2, -0.15) is 0 Å². The van der Waals surface area contributed by atoms with Crippen molar-refractivity contribution in [2.45, 2.75) is 221 Å². The fourth-order valence-electron chi connectivity index (χ4n) is 12.4. The number of unbranched alkanes of at least 4 members (excludes halogenated alkanes) is 4. The quantitative estimate of drug-likeness (QED) is 0.0643. The van der Waals surface area contributed by atoms with Gasteiger partial charge in [-0.3, -0.25) is 9.59 Å². The van der Waals surface area contributed by atoms with Crippen LogP contribution < -0.4 is 11.5 Å². The minimum Gasteiger partial charge on any atom is -0.462 e. The Labute approximate surface area is 364 Å².